The molecule has 1 amide bonds. The Kier molecular flexibility index (Phi) is 4.22. The third-order valence-corrected chi connectivity index (χ3v) is 3.86. The number of halogens is 2. The number of alkyl halides is 1. The molecule has 1 fully saturated rings. The maximum atomic E-state index is 13.5. The lowest BCUT2D eigenvalue weighted by molar-refractivity contribution is 0.0918. The van der Waals surface area contributed by atoms with Crippen molar-refractivity contribution in [3.8, 4) is 5.75 Å². The first kappa shape index (κ1) is 13.3. The highest BCUT2D eigenvalue weighted by molar-refractivity contribution is 9.10. The van der Waals surface area contributed by atoms with Crippen LogP contribution in [0.25, 0.3) is 0 Å². The molecule has 0 radical (unpaired) electrons. The van der Waals surface area contributed by atoms with Crippen LogP contribution >= 0.6 is 15.9 Å². The predicted octanol–water partition coefficient (Wildman–Crippen LogP) is 3.08. The highest BCUT2D eigenvalue weighted by Gasteiger charge is 2.28. The molecular formula is C13H15BrFNO2. The summed E-state index contributed by atoms with van der Waals surface area (Å²) in [7, 11) is 1.54. The minimum Gasteiger partial charge on any atom is -0.497 e. The van der Waals surface area contributed by atoms with Crippen molar-refractivity contribution < 1.29 is 13.9 Å². The zero-order valence-electron chi connectivity index (χ0n) is 10.1. The molecule has 1 N–H and O–H groups in total. The highest BCUT2D eigenvalue weighted by Crippen LogP contribution is 2.25. The first-order valence-electron chi connectivity index (χ1n) is 5.90. The third-order valence-electron chi connectivity index (χ3n) is 3.17. The Labute approximate surface area is 114 Å². The molecule has 3 nitrogen and oxygen atoms in total. The number of rotatable bonds is 3. The van der Waals surface area contributed by atoms with Crippen LogP contribution in [0.5, 0.6) is 5.75 Å². The van der Waals surface area contributed by atoms with E-state index in [1.807, 2.05) is 0 Å². The van der Waals surface area contributed by atoms with Gasteiger partial charge in [-0.2, -0.15) is 0 Å². The number of methoxy groups -OCH3 is 1. The summed E-state index contributed by atoms with van der Waals surface area (Å²) in [5, 5.41) is 2.74. The van der Waals surface area contributed by atoms with E-state index < -0.39 is 6.17 Å². The Bertz CT molecular complexity index is 453. The van der Waals surface area contributed by atoms with Crippen LogP contribution in [0.1, 0.15) is 29.6 Å². The van der Waals surface area contributed by atoms with E-state index in [0.29, 0.717) is 28.6 Å². The molecule has 18 heavy (non-hydrogen) atoms. The van der Waals surface area contributed by atoms with Crippen LogP contribution in [0.15, 0.2) is 22.7 Å². The fraction of sp³-hybridized carbons (Fsp3) is 0.462. The van der Waals surface area contributed by atoms with Crippen molar-refractivity contribution in [3.63, 3.8) is 0 Å². The molecule has 0 aliphatic heterocycles. The second-order valence-electron chi connectivity index (χ2n) is 4.37. The summed E-state index contributed by atoms with van der Waals surface area (Å²) in [4.78, 5) is 12.1. The zero-order valence-corrected chi connectivity index (χ0v) is 11.7. The molecule has 1 aliphatic carbocycles. The molecule has 0 saturated heterocycles. The van der Waals surface area contributed by atoms with Crippen molar-refractivity contribution >= 4 is 21.8 Å². The second kappa shape index (κ2) is 5.69. The summed E-state index contributed by atoms with van der Waals surface area (Å²) in [6, 6.07) is 4.78. The summed E-state index contributed by atoms with van der Waals surface area (Å²) in [5.74, 6) is 0.335. The lowest BCUT2D eigenvalue weighted by atomic mass is 10.1. The van der Waals surface area contributed by atoms with Gasteiger partial charge in [-0.1, -0.05) is 0 Å². The monoisotopic (exact) mass is 315 g/mol. The van der Waals surface area contributed by atoms with E-state index in [-0.39, 0.29) is 11.9 Å². The Balaban J connectivity index is 2.12. The van der Waals surface area contributed by atoms with Crippen molar-refractivity contribution in [1.29, 1.82) is 0 Å². The lowest BCUT2D eigenvalue weighted by Gasteiger charge is -2.15. The smallest absolute Gasteiger partial charge is 0.252 e. The number of benzene rings is 1. The van der Waals surface area contributed by atoms with Gasteiger partial charge in [0.05, 0.1) is 18.7 Å². The number of carbonyl (C=O) groups is 1. The number of amides is 1. The van der Waals surface area contributed by atoms with E-state index in [2.05, 4.69) is 21.2 Å². The van der Waals surface area contributed by atoms with Crippen LogP contribution in [0.3, 0.4) is 0 Å². The Morgan fingerprint density at radius 1 is 1.50 bits per heavy atom. The van der Waals surface area contributed by atoms with Crippen molar-refractivity contribution in [1.82, 2.24) is 5.32 Å². The summed E-state index contributed by atoms with van der Waals surface area (Å²) >= 11 is 3.31. The zero-order chi connectivity index (χ0) is 13.1. The van der Waals surface area contributed by atoms with Crippen LogP contribution < -0.4 is 10.1 Å². The molecule has 5 heteroatoms. The second-order valence-corrected chi connectivity index (χ2v) is 5.23. The number of nitrogens with one attached hydrogen (secondary N) is 1. The molecule has 1 aromatic rings. The van der Waals surface area contributed by atoms with Gasteiger partial charge in [0.15, 0.2) is 0 Å². The van der Waals surface area contributed by atoms with Gasteiger partial charge in [0.1, 0.15) is 11.9 Å². The molecule has 0 spiro atoms. The van der Waals surface area contributed by atoms with E-state index in [4.69, 9.17) is 4.74 Å². The average Bonchev–Trinajstić information content (AvgIpc) is 2.75. The highest BCUT2D eigenvalue weighted by atomic mass is 79.9. The summed E-state index contributed by atoms with van der Waals surface area (Å²) in [6.07, 6.45) is 1.13. The number of ether oxygens (including phenoxy) is 1. The molecule has 0 bridgehead atoms. The normalized spacial score (nSPS) is 22.8. The topological polar surface area (TPSA) is 38.3 Å². The van der Waals surface area contributed by atoms with Crippen LogP contribution in [0.2, 0.25) is 0 Å². The lowest BCUT2D eigenvalue weighted by Crippen LogP contribution is -2.38. The fourth-order valence-corrected chi connectivity index (χ4v) is 2.56. The molecule has 1 aromatic carbocycles. The SMILES string of the molecule is COc1ccc(Br)c(C(=O)N[C@@H]2CCC[C@@H]2F)c1. The van der Waals surface area contributed by atoms with Gasteiger partial charge in [-0.05, 0) is 53.4 Å². The van der Waals surface area contributed by atoms with Gasteiger partial charge in [-0.3, -0.25) is 4.79 Å². The summed E-state index contributed by atoms with van der Waals surface area (Å²) in [5.41, 5.74) is 0.466. The van der Waals surface area contributed by atoms with E-state index in [1.54, 1.807) is 25.3 Å². The van der Waals surface area contributed by atoms with E-state index in [0.717, 1.165) is 6.42 Å². The van der Waals surface area contributed by atoms with Crippen molar-refractivity contribution in [2.45, 2.75) is 31.5 Å². The van der Waals surface area contributed by atoms with Crippen molar-refractivity contribution in [2.75, 3.05) is 7.11 Å². The molecule has 0 heterocycles. The van der Waals surface area contributed by atoms with Gasteiger partial charge >= 0.3 is 0 Å². The van der Waals surface area contributed by atoms with Crippen molar-refractivity contribution in [2.24, 2.45) is 0 Å². The number of hydrogen-bond donors (Lipinski definition) is 1. The quantitative estimate of drug-likeness (QED) is 0.931. The Hall–Kier alpha value is -1.10. The van der Waals surface area contributed by atoms with Crippen LogP contribution in [-0.2, 0) is 0 Å². The van der Waals surface area contributed by atoms with Crippen molar-refractivity contribution in [3.05, 3.63) is 28.2 Å². The first-order chi connectivity index (χ1) is 8.61. The van der Waals surface area contributed by atoms with Gasteiger partial charge in [-0.25, -0.2) is 4.39 Å². The summed E-state index contributed by atoms with van der Waals surface area (Å²) in [6.45, 7) is 0. The van der Waals surface area contributed by atoms with Crippen LogP contribution in [-0.4, -0.2) is 25.2 Å². The molecule has 1 aliphatic rings. The summed E-state index contributed by atoms with van der Waals surface area (Å²) < 4.78 is 19.2. The van der Waals surface area contributed by atoms with Gasteiger partial charge in [0, 0.05) is 4.47 Å². The van der Waals surface area contributed by atoms with Gasteiger partial charge < -0.3 is 10.1 Å². The minimum atomic E-state index is -0.932. The molecule has 2 rings (SSSR count). The minimum absolute atomic E-state index is 0.268. The van der Waals surface area contributed by atoms with Gasteiger partial charge in [0.2, 0.25) is 0 Å². The standard InChI is InChI=1S/C13H15BrFNO2/c1-18-8-5-6-10(14)9(7-8)13(17)16-12-4-2-3-11(12)15/h5-7,11-12H,2-4H2,1H3,(H,16,17)/t11-,12+/m0/s1. The number of hydrogen-bond acceptors (Lipinski definition) is 2. The van der Waals surface area contributed by atoms with Gasteiger partial charge in [-0.15, -0.1) is 0 Å². The maximum Gasteiger partial charge on any atom is 0.252 e. The molecule has 0 unspecified atom stereocenters. The molecule has 2 atom stereocenters. The Morgan fingerprint density at radius 3 is 2.89 bits per heavy atom. The largest absolute Gasteiger partial charge is 0.497 e. The third kappa shape index (κ3) is 2.83. The van der Waals surface area contributed by atoms with Gasteiger partial charge in [0.25, 0.3) is 5.91 Å². The van der Waals surface area contributed by atoms with Crippen LogP contribution in [0.4, 0.5) is 4.39 Å². The Morgan fingerprint density at radius 2 is 2.28 bits per heavy atom. The van der Waals surface area contributed by atoms with E-state index >= 15 is 0 Å². The average molecular weight is 316 g/mol. The first-order valence-corrected chi connectivity index (χ1v) is 6.69. The molecule has 98 valence electrons. The van der Waals surface area contributed by atoms with E-state index in [1.165, 1.54) is 0 Å². The molecule has 1 saturated carbocycles. The molecular weight excluding hydrogens is 301 g/mol. The fourth-order valence-electron chi connectivity index (χ4n) is 2.13. The predicted molar refractivity (Wildman–Crippen MR) is 70.7 cm³/mol. The maximum absolute atomic E-state index is 13.5. The molecule has 0 aromatic heterocycles. The number of carbonyl (C=O) groups excluding carboxylic acids is 1. The van der Waals surface area contributed by atoms with Crippen LogP contribution in [0, 0.1) is 0 Å². The van der Waals surface area contributed by atoms with E-state index in [9.17, 15) is 9.18 Å².